The highest BCUT2D eigenvalue weighted by molar-refractivity contribution is 5.71. The lowest BCUT2D eigenvalue weighted by Gasteiger charge is -2.33. The van der Waals surface area contributed by atoms with Gasteiger partial charge >= 0.3 is 0 Å². The molecular weight excluding hydrogens is 496 g/mol. The Balaban J connectivity index is 1.06. The van der Waals surface area contributed by atoms with E-state index in [9.17, 15) is 0 Å². The second-order valence-electron chi connectivity index (χ2n) is 12.6. The minimum absolute atomic E-state index is 0.700. The van der Waals surface area contributed by atoms with Crippen molar-refractivity contribution in [3.63, 3.8) is 0 Å². The molecule has 3 aliphatic rings. The summed E-state index contributed by atoms with van der Waals surface area (Å²) in [5.41, 5.74) is 15.3. The normalized spacial score (nSPS) is 18.7. The molecule has 1 heterocycles. The number of unbranched alkanes of at least 4 members (excludes halogenated alkanes) is 1. The van der Waals surface area contributed by atoms with Gasteiger partial charge in [-0.1, -0.05) is 73.4 Å². The van der Waals surface area contributed by atoms with E-state index >= 15 is 0 Å². The minimum atomic E-state index is 0.700. The molecule has 5 rings (SSSR count). The Morgan fingerprint density at radius 3 is 2.49 bits per heavy atom. The van der Waals surface area contributed by atoms with Gasteiger partial charge < -0.3 is 10.2 Å². The lowest BCUT2D eigenvalue weighted by molar-refractivity contribution is 0.209. The third kappa shape index (κ3) is 6.70. The average molecular weight is 547 g/mol. The number of piperidine rings is 1. The standard InChI is InChI=1S/C39H50N2/c1-7-12-28(4)36(25-29(5)31-17-15-27(3)16-18-31)30(6)40-21-9-10-22-41-23-19-32(20-24-41)37-26-38-35-14-11-13-34(39(35)38)33(37)8-2/h7-8,15-18,26,32,35,40H,1-2,5-6,9-14,19-25H2,3-4H3/b36-28-. The maximum absolute atomic E-state index is 4.43. The van der Waals surface area contributed by atoms with E-state index < -0.39 is 0 Å². The number of nitrogens with zero attached hydrogens (tertiary/aromatic N) is 1. The molecule has 2 nitrogen and oxygen atoms in total. The number of nitrogens with one attached hydrogen (secondary N) is 1. The Labute approximate surface area is 249 Å². The first-order valence-electron chi connectivity index (χ1n) is 15.9. The summed E-state index contributed by atoms with van der Waals surface area (Å²) in [4.78, 5) is 2.68. The van der Waals surface area contributed by atoms with Crippen LogP contribution in [-0.4, -0.2) is 31.1 Å². The molecule has 1 aliphatic heterocycles. The molecule has 2 aliphatic carbocycles. The van der Waals surface area contributed by atoms with Gasteiger partial charge in [-0.25, -0.2) is 0 Å². The Hall–Kier alpha value is -3.10. The maximum atomic E-state index is 4.43. The van der Waals surface area contributed by atoms with Crippen LogP contribution in [0.2, 0.25) is 0 Å². The van der Waals surface area contributed by atoms with Gasteiger partial charge in [-0.05, 0) is 142 Å². The van der Waals surface area contributed by atoms with Crippen molar-refractivity contribution in [1.29, 1.82) is 0 Å². The van der Waals surface area contributed by atoms with E-state index in [0.717, 1.165) is 43.0 Å². The van der Waals surface area contributed by atoms with Crippen molar-refractivity contribution >= 4 is 11.6 Å². The number of benzene rings is 2. The number of hydrogen-bond acceptors (Lipinski definition) is 2. The van der Waals surface area contributed by atoms with Crippen LogP contribution in [-0.2, 0) is 6.42 Å². The first-order chi connectivity index (χ1) is 19.9. The maximum Gasteiger partial charge on any atom is 0.0302 e. The molecular formula is C39H50N2. The van der Waals surface area contributed by atoms with Crippen LogP contribution in [0.15, 0.2) is 79.6 Å². The Morgan fingerprint density at radius 1 is 1.02 bits per heavy atom. The molecule has 2 aromatic rings. The van der Waals surface area contributed by atoms with Gasteiger partial charge in [-0.2, -0.15) is 0 Å². The molecule has 216 valence electrons. The molecule has 41 heavy (non-hydrogen) atoms. The summed E-state index contributed by atoms with van der Waals surface area (Å²) in [5, 5.41) is 3.64. The predicted molar refractivity (Wildman–Crippen MR) is 178 cm³/mol. The fourth-order valence-corrected chi connectivity index (χ4v) is 7.28. The molecule has 1 saturated heterocycles. The zero-order valence-corrected chi connectivity index (χ0v) is 25.7. The highest BCUT2D eigenvalue weighted by Gasteiger charge is 2.40. The predicted octanol–water partition coefficient (Wildman–Crippen LogP) is 9.48. The monoisotopic (exact) mass is 546 g/mol. The highest BCUT2D eigenvalue weighted by atomic mass is 15.1. The molecule has 0 amide bonds. The SMILES string of the molecule is C=CC/C(C)=C(/CC(=C)c1ccc(C)cc1)C(=C)NCCCCN1CCC(c2cc3c4c(c2C=C)CCCC34)CC1. The largest absolute Gasteiger partial charge is 0.385 e. The lowest BCUT2D eigenvalue weighted by Crippen LogP contribution is -2.34. The zero-order chi connectivity index (χ0) is 28.9. The second-order valence-corrected chi connectivity index (χ2v) is 12.6. The summed E-state index contributed by atoms with van der Waals surface area (Å²) < 4.78 is 0. The van der Waals surface area contributed by atoms with E-state index in [1.54, 1.807) is 22.3 Å². The van der Waals surface area contributed by atoms with Crippen LogP contribution in [0, 0.1) is 6.92 Å². The Kier molecular flexibility index (Phi) is 9.50. The lowest BCUT2D eigenvalue weighted by atomic mass is 9.83. The van der Waals surface area contributed by atoms with Gasteiger partial charge in [0.2, 0.25) is 0 Å². The van der Waals surface area contributed by atoms with E-state index in [-0.39, 0.29) is 0 Å². The van der Waals surface area contributed by atoms with Gasteiger partial charge in [0, 0.05) is 18.2 Å². The zero-order valence-electron chi connectivity index (χ0n) is 25.7. The topological polar surface area (TPSA) is 15.3 Å². The van der Waals surface area contributed by atoms with Crippen LogP contribution in [0.5, 0.6) is 0 Å². The van der Waals surface area contributed by atoms with Gasteiger partial charge in [-0.15, -0.1) is 6.58 Å². The molecule has 1 fully saturated rings. The van der Waals surface area contributed by atoms with Crippen LogP contribution in [0.3, 0.4) is 0 Å². The minimum Gasteiger partial charge on any atom is -0.385 e. The Bertz CT molecular complexity index is 1330. The van der Waals surface area contributed by atoms with Gasteiger partial charge in [0.05, 0.1) is 0 Å². The molecule has 1 N–H and O–H groups in total. The fourth-order valence-electron chi connectivity index (χ4n) is 7.28. The molecule has 2 heteroatoms. The highest BCUT2D eigenvalue weighted by Crippen LogP contribution is 2.55. The number of hydrogen-bond donors (Lipinski definition) is 1. The summed E-state index contributed by atoms with van der Waals surface area (Å²) >= 11 is 0. The summed E-state index contributed by atoms with van der Waals surface area (Å²) in [6.45, 7) is 25.9. The summed E-state index contributed by atoms with van der Waals surface area (Å²) in [6, 6.07) is 11.2. The van der Waals surface area contributed by atoms with Crippen LogP contribution in [0.25, 0.3) is 11.6 Å². The summed E-state index contributed by atoms with van der Waals surface area (Å²) in [7, 11) is 0. The van der Waals surface area contributed by atoms with Crippen LogP contribution < -0.4 is 5.32 Å². The van der Waals surface area contributed by atoms with Crippen molar-refractivity contribution < 1.29 is 0 Å². The van der Waals surface area contributed by atoms with Gasteiger partial charge in [-0.3, -0.25) is 0 Å². The molecule has 0 saturated carbocycles. The number of rotatable bonds is 14. The van der Waals surface area contributed by atoms with Gasteiger partial charge in [0.25, 0.3) is 0 Å². The molecule has 1 atom stereocenters. The number of allylic oxidation sites excluding steroid dienone is 4. The summed E-state index contributed by atoms with van der Waals surface area (Å²) in [6.07, 6.45) is 14.7. The van der Waals surface area contributed by atoms with Gasteiger partial charge in [0.15, 0.2) is 0 Å². The van der Waals surface area contributed by atoms with E-state index in [2.05, 4.69) is 86.8 Å². The number of likely N-dealkylation sites (tertiary alicyclic amines) is 1. The van der Waals surface area contributed by atoms with Crippen LogP contribution in [0.4, 0.5) is 0 Å². The summed E-state index contributed by atoms with van der Waals surface area (Å²) in [5.74, 6) is 1.49. The number of fused-ring (bicyclic) bond motifs is 1. The molecule has 0 spiro atoms. The van der Waals surface area contributed by atoms with Crippen molar-refractivity contribution in [3.8, 4) is 0 Å². The van der Waals surface area contributed by atoms with E-state index in [0.29, 0.717) is 5.92 Å². The van der Waals surface area contributed by atoms with Crippen molar-refractivity contribution in [3.05, 3.63) is 119 Å². The van der Waals surface area contributed by atoms with Crippen LogP contribution >= 0.6 is 0 Å². The Morgan fingerprint density at radius 2 is 1.78 bits per heavy atom. The van der Waals surface area contributed by atoms with Crippen molar-refractivity contribution in [2.24, 2.45) is 0 Å². The van der Waals surface area contributed by atoms with Gasteiger partial charge in [0.1, 0.15) is 0 Å². The average Bonchev–Trinajstić information content (AvgIpc) is 3.70. The van der Waals surface area contributed by atoms with E-state index in [1.807, 2.05) is 6.08 Å². The van der Waals surface area contributed by atoms with E-state index in [1.165, 1.54) is 86.0 Å². The third-order valence-electron chi connectivity index (χ3n) is 9.79. The van der Waals surface area contributed by atoms with Crippen molar-refractivity contribution in [2.45, 2.75) is 83.5 Å². The first-order valence-corrected chi connectivity index (χ1v) is 15.9. The quantitative estimate of drug-likeness (QED) is 0.144. The first kappa shape index (κ1) is 29.4. The van der Waals surface area contributed by atoms with Crippen molar-refractivity contribution in [2.75, 3.05) is 26.2 Å². The number of aryl methyl sites for hydroxylation is 1. The molecule has 0 aromatic heterocycles. The smallest absolute Gasteiger partial charge is 0.0302 e. The third-order valence-corrected chi connectivity index (χ3v) is 9.79. The van der Waals surface area contributed by atoms with Crippen LogP contribution in [0.1, 0.15) is 109 Å². The molecule has 1 unspecified atom stereocenters. The molecule has 0 radical (unpaired) electrons. The van der Waals surface area contributed by atoms with Crippen molar-refractivity contribution in [1.82, 2.24) is 10.2 Å². The second kappa shape index (κ2) is 13.3. The molecule has 0 bridgehead atoms. The van der Waals surface area contributed by atoms with E-state index in [4.69, 9.17) is 0 Å². The fraction of sp³-hybridized carbons (Fsp3) is 0.436. The molecule has 2 aromatic carbocycles.